The second-order valence-electron chi connectivity index (χ2n) is 8.87. The highest BCUT2D eigenvalue weighted by atomic mass is 32.1. The molecule has 2 heterocycles. The number of carbonyl (C=O) groups is 2. The van der Waals surface area contributed by atoms with Gasteiger partial charge in [0.05, 0.1) is 16.6 Å². The van der Waals surface area contributed by atoms with Gasteiger partial charge in [-0.2, -0.15) is 5.10 Å². The first-order valence-electron chi connectivity index (χ1n) is 10.5. The molecule has 0 bridgehead atoms. The van der Waals surface area contributed by atoms with E-state index in [-0.39, 0.29) is 18.5 Å². The van der Waals surface area contributed by atoms with Crippen molar-refractivity contribution < 1.29 is 14.7 Å². The molecule has 0 radical (unpaired) electrons. The molecule has 170 valence electrons. The maximum atomic E-state index is 13.2. The van der Waals surface area contributed by atoms with Crippen molar-refractivity contribution in [3.05, 3.63) is 64.0 Å². The maximum Gasteiger partial charge on any atom is 0.407 e. The van der Waals surface area contributed by atoms with Gasteiger partial charge in [0.2, 0.25) is 0 Å². The van der Waals surface area contributed by atoms with E-state index in [1.807, 2.05) is 76.5 Å². The molecule has 1 aromatic carbocycles. The molecule has 0 saturated carbocycles. The molecule has 0 fully saturated rings. The normalized spacial score (nSPS) is 12.4. The zero-order valence-electron chi connectivity index (χ0n) is 19.1. The van der Waals surface area contributed by atoms with Crippen LogP contribution in [0.15, 0.2) is 48.0 Å². The minimum atomic E-state index is -1.00. The molecule has 1 unspecified atom stereocenters. The van der Waals surface area contributed by atoms with Crippen molar-refractivity contribution in [2.75, 3.05) is 6.54 Å². The van der Waals surface area contributed by atoms with Gasteiger partial charge in [-0.1, -0.05) is 30.3 Å². The first-order chi connectivity index (χ1) is 15.1. The number of carboxylic acid groups (broad SMARTS) is 1. The second-order valence-corrected chi connectivity index (χ2v) is 9.75. The van der Waals surface area contributed by atoms with E-state index >= 15 is 0 Å². The molecule has 0 saturated heterocycles. The number of nitrogens with one attached hydrogen (secondary N) is 1. The van der Waals surface area contributed by atoms with E-state index in [9.17, 15) is 14.7 Å². The quantitative estimate of drug-likeness (QED) is 0.547. The SMILES string of the molecule is Cc1c(-c2ccnn2C)csc1C(=O)NC(Cc1ccccc1)CN(C(=O)O)C(C)(C)C. The van der Waals surface area contributed by atoms with Crippen LogP contribution in [0.3, 0.4) is 0 Å². The third-order valence-corrected chi connectivity index (χ3v) is 6.53. The Balaban J connectivity index is 1.85. The number of thiophene rings is 1. The first kappa shape index (κ1) is 23.5. The lowest BCUT2D eigenvalue weighted by Gasteiger charge is -2.36. The highest BCUT2D eigenvalue weighted by molar-refractivity contribution is 7.12. The molecule has 0 aliphatic rings. The van der Waals surface area contributed by atoms with Gasteiger partial charge in [-0.25, -0.2) is 4.79 Å². The highest BCUT2D eigenvalue weighted by Gasteiger charge is 2.30. The fourth-order valence-corrected chi connectivity index (χ4v) is 4.69. The number of rotatable bonds is 7. The molecule has 32 heavy (non-hydrogen) atoms. The monoisotopic (exact) mass is 454 g/mol. The Hall–Kier alpha value is -3.13. The number of benzene rings is 1. The number of aryl methyl sites for hydroxylation is 1. The molecule has 8 heteroatoms. The molecular weight excluding hydrogens is 424 g/mol. The summed E-state index contributed by atoms with van der Waals surface area (Å²) >= 11 is 1.39. The summed E-state index contributed by atoms with van der Waals surface area (Å²) in [6, 6.07) is 11.3. The highest BCUT2D eigenvalue weighted by Crippen LogP contribution is 2.30. The van der Waals surface area contributed by atoms with Crippen LogP contribution in [0.1, 0.15) is 41.6 Å². The Morgan fingerprint density at radius 3 is 2.47 bits per heavy atom. The molecule has 7 nitrogen and oxygen atoms in total. The van der Waals surface area contributed by atoms with Gasteiger partial charge in [0, 0.05) is 36.3 Å². The predicted molar refractivity (Wildman–Crippen MR) is 127 cm³/mol. The summed E-state index contributed by atoms with van der Waals surface area (Å²) in [6.45, 7) is 7.68. The molecular formula is C24H30N4O3S. The Morgan fingerprint density at radius 1 is 1.22 bits per heavy atom. The summed E-state index contributed by atoms with van der Waals surface area (Å²) in [5.74, 6) is -0.193. The van der Waals surface area contributed by atoms with E-state index in [1.54, 1.807) is 10.9 Å². The number of aromatic nitrogens is 2. The lowest BCUT2D eigenvalue weighted by atomic mass is 10.0. The zero-order chi connectivity index (χ0) is 23.5. The van der Waals surface area contributed by atoms with Crippen LogP contribution in [0.5, 0.6) is 0 Å². The Kier molecular flexibility index (Phi) is 7.03. The number of hydrogen-bond acceptors (Lipinski definition) is 4. The van der Waals surface area contributed by atoms with E-state index < -0.39 is 11.6 Å². The van der Waals surface area contributed by atoms with Gasteiger partial charge < -0.3 is 15.3 Å². The van der Waals surface area contributed by atoms with E-state index in [0.717, 1.165) is 22.4 Å². The fraction of sp³-hybridized carbons (Fsp3) is 0.375. The Bertz CT molecular complexity index is 1080. The van der Waals surface area contributed by atoms with Crippen molar-refractivity contribution in [2.45, 2.75) is 45.7 Å². The topological polar surface area (TPSA) is 87.5 Å². The second kappa shape index (κ2) is 9.56. The van der Waals surface area contributed by atoms with E-state index in [0.29, 0.717) is 11.3 Å². The third-order valence-electron chi connectivity index (χ3n) is 5.45. The number of amides is 2. The smallest absolute Gasteiger partial charge is 0.407 e. The van der Waals surface area contributed by atoms with Crippen molar-refractivity contribution >= 4 is 23.3 Å². The summed E-state index contributed by atoms with van der Waals surface area (Å²) < 4.78 is 1.78. The van der Waals surface area contributed by atoms with Gasteiger partial charge in [0.1, 0.15) is 0 Å². The predicted octanol–water partition coefficient (Wildman–Crippen LogP) is 4.58. The van der Waals surface area contributed by atoms with Crippen LogP contribution >= 0.6 is 11.3 Å². The summed E-state index contributed by atoms with van der Waals surface area (Å²) in [6.07, 6.45) is 1.26. The molecule has 3 rings (SSSR count). The minimum absolute atomic E-state index is 0.193. The average molecular weight is 455 g/mol. The summed E-state index contributed by atoms with van der Waals surface area (Å²) in [5.41, 5.74) is 3.26. The largest absolute Gasteiger partial charge is 0.465 e. The molecule has 2 N–H and O–H groups in total. The lowest BCUT2D eigenvalue weighted by molar-refractivity contribution is 0.0824. The minimum Gasteiger partial charge on any atom is -0.465 e. The van der Waals surface area contributed by atoms with E-state index in [1.165, 1.54) is 16.2 Å². The van der Waals surface area contributed by atoms with Gasteiger partial charge in [0.25, 0.3) is 5.91 Å². The summed E-state index contributed by atoms with van der Waals surface area (Å²) in [4.78, 5) is 27.2. The van der Waals surface area contributed by atoms with Crippen LogP contribution in [0.25, 0.3) is 11.3 Å². The molecule has 1 atom stereocenters. The zero-order valence-corrected chi connectivity index (χ0v) is 19.9. The first-order valence-corrected chi connectivity index (χ1v) is 11.4. The van der Waals surface area contributed by atoms with Crippen LogP contribution in [-0.4, -0.2) is 49.9 Å². The van der Waals surface area contributed by atoms with Crippen molar-refractivity contribution in [1.82, 2.24) is 20.0 Å². The average Bonchev–Trinajstić information content (AvgIpc) is 3.30. The van der Waals surface area contributed by atoms with E-state index in [2.05, 4.69) is 10.4 Å². The van der Waals surface area contributed by atoms with Crippen molar-refractivity contribution in [3.8, 4) is 11.3 Å². The summed E-state index contributed by atoms with van der Waals surface area (Å²) in [7, 11) is 1.87. The number of carbonyl (C=O) groups excluding carboxylic acids is 1. The fourth-order valence-electron chi connectivity index (χ4n) is 3.70. The van der Waals surface area contributed by atoms with Gasteiger partial charge in [0.15, 0.2) is 0 Å². The molecule has 0 spiro atoms. The standard InChI is InChI=1S/C24H30N4O3S/c1-16-19(20-11-12-25-27(20)5)15-32-21(16)22(29)26-18(13-17-9-7-6-8-10-17)14-28(23(30)31)24(2,3)4/h6-12,15,18H,13-14H2,1-5H3,(H,26,29)(H,30,31). The third kappa shape index (κ3) is 5.37. The van der Waals surface area contributed by atoms with Gasteiger partial charge in [-0.15, -0.1) is 11.3 Å². The number of nitrogens with zero attached hydrogens (tertiary/aromatic N) is 3. The summed E-state index contributed by atoms with van der Waals surface area (Å²) in [5, 5.41) is 19.0. The lowest BCUT2D eigenvalue weighted by Crippen LogP contribution is -2.53. The molecule has 0 aliphatic carbocycles. The molecule has 0 aliphatic heterocycles. The van der Waals surface area contributed by atoms with Crippen LogP contribution < -0.4 is 5.32 Å². The Morgan fingerprint density at radius 2 is 1.91 bits per heavy atom. The van der Waals surface area contributed by atoms with Crippen LogP contribution in [0.4, 0.5) is 4.79 Å². The van der Waals surface area contributed by atoms with E-state index in [4.69, 9.17) is 0 Å². The van der Waals surface area contributed by atoms with Crippen molar-refractivity contribution in [3.63, 3.8) is 0 Å². The molecule has 2 amide bonds. The van der Waals surface area contributed by atoms with Crippen molar-refractivity contribution in [1.29, 1.82) is 0 Å². The van der Waals surface area contributed by atoms with Gasteiger partial charge in [-0.3, -0.25) is 9.48 Å². The van der Waals surface area contributed by atoms with Gasteiger partial charge >= 0.3 is 6.09 Å². The van der Waals surface area contributed by atoms with Crippen molar-refractivity contribution in [2.24, 2.45) is 7.05 Å². The number of hydrogen-bond donors (Lipinski definition) is 2. The molecule has 2 aromatic heterocycles. The van der Waals surface area contributed by atoms with Crippen LogP contribution in [-0.2, 0) is 13.5 Å². The van der Waals surface area contributed by atoms with Crippen LogP contribution in [0, 0.1) is 6.92 Å². The van der Waals surface area contributed by atoms with Crippen LogP contribution in [0.2, 0.25) is 0 Å². The van der Waals surface area contributed by atoms with Gasteiger partial charge in [-0.05, 0) is 51.3 Å². The molecule has 3 aromatic rings. The maximum absolute atomic E-state index is 13.2. The Labute approximate surface area is 192 Å².